The van der Waals surface area contributed by atoms with Crippen molar-refractivity contribution in [2.24, 2.45) is 5.73 Å². The molecule has 0 aliphatic carbocycles. The Labute approximate surface area is 106 Å². The number of halogens is 1. The zero-order valence-corrected chi connectivity index (χ0v) is 10.3. The molecule has 18 heavy (non-hydrogen) atoms. The first-order valence-corrected chi connectivity index (χ1v) is 5.94. The Morgan fingerprint density at radius 2 is 1.78 bits per heavy atom. The topological polar surface area (TPSA) is 35.2 Å². The second-order valence-electron chi connectivity index (χ2n) is 4.04. The molecule has 3 heteroatoms. The smallest absolute Gasteiger partial charge is 0.123 e. The number of nitrogens with two attached hydrogens (primary N) is 1. The van der Waals surface area contributed by atoms with Crippen LogP contribution in [0.2, 0.25) is 0 Å². The molecule has 0 fully saturated rings. The Morgan fingerprint density at radius 1 is 1.11 bits per heavy atom. The minimum absolute atomic E-state index is 0.274. The lowest BCUT2D eigenvalue weighted by Gasteiger charge is -2.14. The number of benzene rings is 2. The molecule has 0 radical (unpaired) electrons. The molecule has 0 aliphatic heterocycles. The number of ether oxygens (including phenoxy) is 1. The van der Waals surface area contributed by atoms with Crippen molar-refractivity contribution in [3.05, 3.63) is 65.5 Å². The van der Waals surface area contributed by atoms with Gasteiger partial charge in [0.15, 0.2) is 0 Å². The van der Waals surface area contributed by atoms with Gasteiger partial charge in [-0.3, -0.25) is 0 Å². The molecule has 1 unspecified atom stereocenters. The summed E-state index contributed by atoms with van der Waals surface area (Å²) in [5, 5.41) is 0. The van der Waals surface area contributed by atoms with Crippen LogP contribution in [0.15, 0.2) is 48.5 Å². The van der Waals surface area contributed by atoms with E-state index in [1.807, 2.05) is 37.3 Å². The van der Waals surface area contributed by atoms with Gasteiger partial charge >= 0.3 is 0 Å². The summed E-state index contributed by atoms with van der Waals surface area (Å²) in [6.45, 7) is 2.54. The first kappa shape index (κ1) is 12.6. The third kappa shape index (κ3) is 2.87. The van der Waals surface area contributed by atoms with Crippen molar-refractivity contribution in [3.63, 3.8) is 0 Å². The third-order valence-electron chi connectivity index (χ3n) is 2.74. The van der Waals surface area contributed by atoms with Gasteiger partial charge in [-0.25, -0.2) is 4.39 Å². The predicted octanol–water partition coefficient (Wildman–Crippen LogP) is 3.27. The Balaban J connectivity index is 2.27. The van der Waals surface area contributed by atoms with Crippen molar-refractivity contribution in [1.82, 2.24) is 0 Å². The van der Waals surface area contributed by atoms with Crippen molar-refractivity contribution in [1.29, 1.82) is 0 Å². The Hall–Kier alpha value is -1.87. The van der Waals surface area contributed by atoms with Crippen molar-refractivity contribution in [3.8, 4) is 5.75 Å². The van der Waals surface area contributed by atoms with Gasteiger partial charge in [0, 0.05) is 0 Å². The van der Waals surface area contributed by atoms with Gasteiger partial charge in [-0.2, -0.15) is 0 Å². The van der Waals surface area contributed by atoms with Crippen molar-refractivity contribution in [2.45, 2.75) is 13.0 Å². The van der Waals surface area contributed by atoms with Gasteiger partial charge in [0.05, 0.1) is 12.6 Å². The first-order chi connectivity index (χ1) is 8.70. The SMILES string of the molecule is CCOc1cccc(C(N)c2cccc(F)c2)c1. The normalized spacial score (nSPS) is 12.2. The van der Waals surface area contributed by atoms with Gasteiger partial charge in [0.2, 0.25) is 0 Å². The minimum Gasteiger partial charge on any atom is -0.494 e. The van der Waals surface area contributed by atoms with Crippen molar-refractivity contribution < 1.29 is 9.13 Å². The van der Waals surface area contributed by atoms with Gasteiger partial charge in [-0.05, 0) is 42.3 Å². The van der Waals surface area contributed by atoms with Crippen LogP contribution in [0.5, 0.6) is 5.75 Å². The fraction of sp³-hybridized carbons (Fsp3) is 0.200. The van der Waals surface area contributed by atoms with Crippen molar-refractivity contribution >= 4 is 0 Å². The molecule has 0 saturated carbocycles. The van der Waals surface area contributed by atoms with Crippen LogP contribution in [0.25, 0.3) is 0 Å². The van der Waals surface area contributed by atoms with E-state index in [0.29, 0.717) is 6.61 Å². The maximum Gasteiger partial charge on any atom is 0.123 e. The van der Waals surface area contributed by atoms with E-state index in [0.717, 1.165) is 16.9 Å². The largest absolute Gasteiger partial charge is 0.494 e. The molecule has 2 rings (SSSR count). The standard InChI is InChI=1S/C15H16FNO/c1-2-18-14-8-4-6-12(10-14)15(17)11-5-3-7-13(16)9-11/h3-10,15H,2,17H2,1H3. The highest BCUT2D eigenvalue weighted by molar-refractivity contribution is 5.36. The molecule has 2 aromatic rings. The summed E-state index contributed by atoms with van der Waals surface area (Å²) in [7, 11) is 0. The van der Waals surface area contributed by atoms with E-state index in [1.165, 1.54) is 12.1 Å². The lowest BCUT2D eigenvalue weighted by Crippen LogP contribution is -2.12. The van der Waals surface area contributed by atoms with E-state index in [4.69, 9.17) is 10.5 Å². The van der Waals surface area contributed by atoms with Crippen LogP contribution in [-0.4, -0.2) is 6.61 Å². The second-order valence-corrected chi connectivity index (χ2v) is 4.04. The Bertz CT molecular complexity index is 527. The lowest BCUT2D eigenvalue weighted by atomic mass is 9.99. The quantitative estimate of drug-likeness (QED) is 0.897. The summed E-state index contributed by atoms with van der Waals surface area (Å²) in [5.74, 6) is 0.505. The zero-order valence-electron chi connectivity index (χ0n) is 10.3. The van der Waals surface area contributed by atoms with Gasteiger partial charge < -0.3 is 10.5 Å². The van der Waals surface area contributed by atoms with Crippen LogP contribution in [0.3, 0.4) is 0 Å². The molecule has 94 valence electrons. The van der Waals surface area contributed by atoms with E-state index in [9.17, 15) is 4.39 Å². The van der Waals surface area contributed by atoms with Crippen LogP contribution in [0, 0.1) is 5.82 Å². The van der Waals surface area contributed by atoms with Gasteiger partial charge in [0.1, 0.15) is 11.6 Å². The van der Waals surface area contributed by atoms with E-state index >= 15 is 0 Å². The number of hydrogen-bond donors (Lipinski definition) is 1. The maximum atomic E-state index is 13.2. The molecule has 0 aromatic heterocycles. The second kappa shape index (κ2) is 5.65. The molecule has 2 nitrogen and oxygen atoms in total. The monoisotopic (exact) mass is 245 g/mol. The molecule has 2 N–H and O–H groups in total. The van der Waals surface area contributed by atoms with E-state index in [1.54, 1.807) is 6.07 Å². The Morgan fingerprint density at radius 3 is 2.44 bits per heavy atom. The van der Waals surface area contributed by atoms with Gasteiger partial charge in [-0.15, -0.1) is 0 Å². The molecular formula is C15H16FNO. The molecule has 0 saturated heterocycles. The molecule has 0 heterocycles. The number of rotatable bonds is 4. The summed E-state index contributed by atoms with van der Waals surface area (Å²) in [6, 6.07) is 13.6. The molecule has 0 spiro atoms. The highest BCUT2D eigenvalue weighted by atomic mass is 19.1. The summed E-state index contributed by atoms with van der Waals surface area (Å²) >= 11 is 0. The summed E-state index contributed by atoms with van der Waals surface area (Å²) in [4.78, 5) is 0. The van der Waals surface area contributed by atoms with E-state index < -0.39 is 0 Å². The average Bonchev–Trinajstić information content (AvgIpc) is 2.39. The van der Waals surface area contributed by atoms with Crippen LogP contribution in [0.4, 0.5) is 4.39 Å². The highest BCUT2D eigenvalue weighted by Gasteiger charge is 2.10. The summed E-state index contributed by atoms with van der Waals surface area (Å²) in [6.07, 6.45) is 0. The fourth-order valence-corrected chi connectivity index (χ4v) is 1.86. The third-order valence-corrected chi connectivity index (χ3v) is 2.74. The molecular weight excluding hydrogens is 229 g/mol. The summed E-state index contributed by atoms with van der Waals surface area (Å²) < 4.78 is 18.6. The molecule has 0 amide bonds. The van der Waals surface area contributed by atoms with E-state index in [2.05, 4.69) is 0 Å². The van der Waals surface area contributed by atoms with Gasteiger partial charge in [-0.1, -0.05) is 24.3 Å². The van der Waals surface area contributed by atoms with Crippen LogP contribution in [-0.2, 0) is 0 Å². The van der Waals surface area contributed by atoms with Crippen molar-refractivity contribution in [2.75, 3.05) is 6.61 Å². The number of hydrogen-bond acceptors (Lipinski definition) is 2. The highest BCUT2D eigenvalue weighted by Crippen LogP contribution is 2.23. The lowest BCUT2D eigenvalue weighted by molar-refractivity contribution is 0.340. The average molecular weight is 245 g/mol. The zero-order chi connectivity index (χ0) is 13.0. The minimum atomic E-state index is -0.346. The first-order valence-electron chi connectivity index (χ1n) is 5.94. The predicted molar refractivity (Wildman–Crippen MR) is 70.0 cm³/mol. The van der Waals surface area contributed by atoms with Crippen LogP contribution in [0.1, 0.15) is 24.1 Å². The molecule has 0 aliphatic rings. The maximum absolute atomic E-state index is 13.2. The Kier molecular flexibility index (Phi) is 3.95. The van der Waals surface area contributed by atoms with Crippen LogP contribution < -0.4 is 10.5 Å². The van der Waals surface area contributed by atoms with Crippen LogP contribution >= 0.6 is 0 Å². The molecule has 0 bridgehead atoms. The van der Waals surface area contributed by atoms with E-state index in [-0.39, 0.29) is 11.9 Å². The summed E-state index contributed by atoms with van der Waals surface area (Å²) in [5.41, 5.74) is 7.79. The molecule has 1 atom stereocenters. The molecule has 2 aromatic carbocycles. The fourth-order valence-electron chi connectivity index (χ4n) is 1.86. The van der Waals surface area contributed by atoms with Gasteiger partial charge in [0.25, 0.3) is 0 Å².